The maximum atomic E-state index is 14.2. The molecule has 7 heteroatoms. The monoisotopic (exact) mass is 463 g/mol. The predicted molar refractivity (Wildman–Crippen MR) is 123 cm³/mol. The molecule has 3 amide bonds. The minimum Gasteiger partial charge on any atom is -0.508 e. The Morgan fingerprint density at radius 3 is 2.44 bits per heavy atom. The van der Waals surface area contributed by atoms with Crippen molar-refractivity contribution >= 4 is 11.9 Å². The van der Waals surface area contributed by atoms with Crippen LogP contribution in [0.25, 0.3) is 0 Å². The van der Waals surface area contributed by atoms with Crippen LogP contribution < -0.4 is 0 Å². The Balaban J connectivity index is 1.28. The first kappa shape index (κ1) is 20.1. The van der Waals surface area contributed by atoms with Gasteiger partial charge in [0.25, 0.3) is 5.91 Å². The Labute approximate surface area is 199 Å². The van der Waals surface area contributed by atoms with E-state index in [1.807, 2.05) is 17.0 Å². The van der Waals surface area contributed by atoms with Crippen molar-refractivity contribution in [2.24, 2.45) is 11.8 Å². The molecule has 2 heterocycles. The molecule has 7 aliphatic rings. The fraction of sp³-hybridized carbons (Fsp3) is 0.704. The number of imide groups is 1. The topological polar surface area (TPSA) is 84.3 Å². The van der Waals surface area contributed by atoms with Crippen molar-refractivity contribution in [1.29, 1.82) is 0 Å². The lowest BCUT2D eigenvalue weighted by molar-refractivity contribution is -0.163. The summed E-state index contributed by atoms with van der Waals surface area (Å²) >= 11 is 0. The first-order valence-electron chi connectivity index (χ1n) is 13.1. The quantitative estimate of drug-likeness (QED) is 0.670. The Bertz CT molecular complexity index is 1160. The fourth-order valence-electron chi connectivity index (χ4n) is 9.28. The number of likely N-dealkylation sites (N-methyl/N-ethyl adjacent to an activating group) is 1. The summed E-state index contributed by atoms with van der Waals surface area (Å²) in [5.41, 5.74) is -0.330. The van der Waals surface area contributed by atoms with E-state index >= 15 is 0 Å². The number of benzene rings is 1. The normalized spacial score (nSPS) is 44.5. The number of fused-ring (bicyclic) bond motifs is 2. The van der Waals surface area contributed by atoms with E-state index in [1.165, 1.54) is 5.56 Å². The SMILES string of the molecule is CN1CC23C[C@@]4(C[C@@]5(CC[C@@]4(O)[C@H]12)C(=O)N(CC1CC1)C(=O)N5CC1CC1)c1cc(O)ccc13. The lowest BCUT2D eigenvalue weighted by atomic mass is 9.52. The van der Waals surface area contributed by atoms with Crippen LogP contribution in [-0.4, -0.2) is 80.7 Å². The number of nitrogens with zero attached hydrogens (tertiary/aromatic N) is 3. The van der Waals surface area contributed by atoms with Gasteiger partial charge in [-0.05, 0) is 93.5 Å². The lowest BCUT2D eigenvalue weighted by Crippen LogP contribution is -2.75. The van der Waals surface area contributed by atoms with E-state index in [9.17, 15) is 19.8 Å². The standard InChI is InChI=1S/C27H33N3O4/c1-28-15-24-13-25(20-10-18(31)6-7-19(20)24)14-26(8-9-27(25,34)21(24)28)22(32)29(11-16-2-3-16)23(33)30(26)12-17-4-5-17/h6-7,10,16-17,21,31,34H,2-5,8-9,11-15H2,1H3/t21-,24?,25-,26+,27-/m1/s1. The van der Waals surface area contributed by atoms with E-state index < -0.39 is 16.6 Å². The zero-order valence-electron chi connectivity index (χ0n) is 19.8. The van der Waals surface area contributed by atoms with Crippen LogP contribution in [0.15, 0.2) is 18.2 Å². The van der Waals surface area contributed by atoms with Gasteiger partial charge in [0.05, 0.1) is 5.60 Å². The largest absolute Gasteiger partial charge is 0.508 e. The van der Waals surface area contributed by atoms with Crippen LogP contribution in [0.5, 0.6) is 5.75 Å². The number of rotatable bonds is 4. The molecule has 2 saturated heterocycles. The molecular weight excluding hydrogens is 430 g/mol. The highest BCUT2D eigenvalue weighted by atomic mass is 16.3. The van der Waals surface area contributed by atoms with Crippen molar-refractivity contribution < 1.29 is 19.8 Å². The summed E-state index contributed by atoms with van der Waals surface area (Å²) in [5.74, 6) is 1.12. The number of hydrogen-bond donors (Lipinski definition) is 2. The number of carbonyl (C=O) groups is 2. The lowest BCUT2D eigenvalue weighted by Gasteiger charge is -2.63. The van der Waals surface area contributed by atoms with Gasteiger partial charge in [-0.3, -0.25) is 14.6 Å². The number of likely N-dealkylation sites (tertiary alicyclic amines) is 1. The third kappa shape index (κ3) is 2.06. The maximum absolute atomic E-state index is 14.2. The summed E-state index contributed by atoms with van der Waals surface area (Å²) in [6, 6.07) is 5.58. The summed E-state index contributed by atoms with van der Waals surface area (Å²) in [7, 11) is 2.09. The van der Waals surface area contributed by atoms with Gasteiger partial charge in [-0.15, -0.1) is 0 Å². The molecule has 4 saturated carbocycles. The Morgan fingerprint density at radius 2 is 1.74 bits per heavy atom. The van der Waals surface area contributed by atoms with Gasteiger partial charge in [0.2, 0.25) is 0 Å². The average molecular weight is 464 g/mol. The predicted octanol–water partition coefficient (Wildman–Crippen LogP) is 2.34. The van der Waals surface area contributed by atoms with Crippen LogP contribution in [0.1, 0.15) is 62.5 Å². The summed E-state index contributed by atoms with van der Waals surface area (Å²) in [4.78, 5) is 33.6. The van der Waals surface area contributed by atoms with Gasteiger partial charge in [-0.1, -0.05) is 6.07 Å². The molecule has 8 rings (SSSR count). The first-order valence-corrected chi connectivity index (χ1v) is 13.1. The fourth-order valence-corrected chi connectivity index (χ4v) is 9.28. The number of amides is 3. The van der Waals surface area contributed by atoms with Crippen LogP contribution in [0, 0.1) is 11.8 Å². The summed E-state index contributed by atoms with van der Waals surface area (Å²) < 4.78 is 0. The highest BCUT2D eigenvalue weighted by Gasteiger charge is 2.83. The second kappa shape index (κ2) is 5.81. The minimum atomic E-state index is -0.954. The van der Waals surface area contributed by atoms with E-state index in [-0.39, 0.29) is 29.1 Å². The van der Waals surface area contributed by atoms with Crippen molar-refractivity contribution in [2.75, 3.05) is 26.7 Å². The third-order valence-corrected chi connectivity index (χ3v) is 10.9. The van der Waals surface area contributed by atoms with Crippen molar-refractivity contribution in [3.05, 3.63) is 29.3 Å². The molecule has 5 aliphatic carbocycles. The molecule has 0 radical (unpaired) electrons. The zero-order chi connectivity index (χ0) is 23.3. The van der Waals surface area contributed by atoms with E-state index in [1.54, 1.807) is 11.0 Å². The van der Waals surface area contributed by atoms with Gasteiger partial charge >= 0.3 is 6.03 Å². The summed E-state index contributed by atoms with van der Waals surface area (Å²) in [6.07, 6.45) is 6.75. The molecule has 2 bridgehead atoms. The van der Waals surface area contributed by atoms with Gasteiger partial charge in [-0.2, -0.15) is 0 Å². The number of aromatic hydroxyl groups is 1. The van der Waals surface area contributed by atoms with Gasteiger partial charge in [0.1, 0.15) is 11.3 Å². The van der Waals surface area contributed by atoms with Gasteiger partial charge in [-0.25, -0.2) is 4.79 Å². The van der Waals surface area contributed by atoms with Gasteiger partial charge in [0.15, 0.2) is 0 Å². The van der Waals surface area contributed by atoms with Crippen LogP contribution in [0.4, 0.5) is 4.79 Å². The van der Waals surface area contributed by atoms with Crippen LogP contribution >= 0.6 is 0 Å². The number of phenols is 1. The molecular formula is C27H33N3O4. The molecule has 2 N–H and O–H groups in total. The van der Waals surface area contributed by atoms with E-state index in [4.69, 9.17) is 0 Å². The molecule has 6 fully saturated rings. The van der Waals surface area contributed by atoms with E-state index in [0.29, 0.717) is 44.2 Å². The Kier molecular flexibility index (Phi) is 3.44. The highest BCUT2D eigenvalue weighted by Crippen LogP contribution is 2.75. The van der Waals surface area contributed by atoms with Crippen LogP contribution in [-0.2, 0) is 15.6 Å². The molecule has 0 aromatic heterocycles. The van der Waals surface area contributed by atoms with Crippen molar-refractivity contribution in [1.82, 2.24) is 14.7 Å². The number of phenolic OH excluding ortho intramolecular Hbond substituents is 1. The van der Waals surface area contributed by atoms with Crippen molar-refractivity contribution in [2.45, 2.75) is 79.4 Å². The highest BCUT2D eigenvalue weighted by molar-refractivity contribution is 6.07. The summed E-state index contributed by atoms with van der Waals surface area (Å²) in [6.45, 7) is 2.09. The number of carbonyl (C=O) groups excluding carboxylic acids is 2. The van der Waals surface area contributed by atoms with E-state index in [2.05, 4.69) is 11.9 Å². The number of aliphatic hydroxyl groups is 1. The number of hydrogen-bond acceptors (Lipinski definition) is 5. The molecule has 34 heavy (non-hydrogen) atoms. The molecule has 7 nitrogen and oxygen atoms in total. The van der Waals surface area contributed by atoms with Gasteiger partial charge in [0, 0.05) is 36.5 Å². The minimum absolute atomic E-state index is 0.0287. The second-order valence-electron chi connectivity index (χ2n) is 12.8. The van der Waals surface area contributed by atoms with Crippen LogP contribution in [0.2, 0.25) is 0 Å². The zero-order valence-corrected chi connectivity index (χ0v) is 19.8. The second-order valence-corrected chi connectivity index (χ2v) is 12.8. The molecule has 3 spiro atoms. The van der Waals surface area contributed by atoms with E-state index in [0.717, 1.165) is 44.2 Å². The third-order valence-electron chi connectivity index (χ3n) is 10.9. The van der Waals surface area contributed by atoms with Crippen molar-refractivity contribution in [3.8, 4) is 5.75 Å². The smallest absolute Gasteiger partial charge is 0.327 e. The molecule has 2 aliphatic heterocycles. The molecule has 1 aromatic rings. The average Bonchev–Trinajstić information content (AvgIpc) is 3.71. The summed E-state index contributed by atoms with van der Waals surface area (Å²) in [5, 5.41) is 22.9. The Hall–Kier alpha value is -2.12. The van der Waals surface area contributed by atoms with Gasteiger partial charge < -0.3 is 15.1 Å². The Morgan fingerprint density at radius 1 is 1.00 bits per heavy atom. The molecule has 5 atom stereocenters. The maximum Gasteiger partial charge on any atom is 0.327 e. The molecule has 1 unspecified atom stereocenters. The van der Waals surface area contributed by atoms with Crippen molar-refractivity contribution in [3.63, 3.8) is 0 Å². The first-order chi connectivity index (χ1) is 16.2. The van der Waals surface area contributed by atoms with Crippen LogP contribution in [0.3, 0.4) is 0 Å². The molecule has 180 valence electrons. The molecule has 1 aromatic carbocycles. The number of urea groups is 1.